The van der Waals surface area contributed by atoms with E-state index in [1.807, 2.05) is 0 Å². The zero-order chi connectivity index (χ0) is 0. The Labute approximate surface area is 146 Å². The van der Waals surface area contributed by atoms with E-state index in [4.69, 9.17) is 0 Å². The molecule has 7 heavy (non-hydrogen) atoms. The molecule has 0 aromatic rings. The summed E-state index contributed by atoms with van der Waals surface area (Å²) in [7, 11) is 0. The van der Waals surface area contributed by atoms with Gasteiger partial charge in [0.15, 0.2) is 17.4 Å². The molecule has 1 atom stereocenters. The molecule has 0 aliphatic heterocycles. The summed E-state index contributed by atoms with van der Waals surface area (Å²) >= 11 is 0. The molecule has 0 heterocycles. The second-order valence-electron chi connectivity index (χ2n) is 0. The molecule has 0 aliphatic carbocycles. The minimum atomic E-state index is 0. The summed E-state index contributed by atoms with van der Waals surface area (Å²) in [5.41, 5.74) is 0. The molecule has 0 fully saturated rings. The van der Waals surface area contributed by atoms with E-state index in [2.05, 4.69) is 0 Å². The van der Waals surface area contributed by atoms with Crippen molar-refractivity contribution in [2.75, 3.05) is 0 Å². The van der Waals surface area contributed by atoms with Gasteiger partial charge in [-0.1, -0.05) is 0 Å². The molecule has 1 radical (unpaired) electrons. The molecule has 0 nitrogen and oxygen atoms in total. The van der Waals surface area contributed by atoms with Crippen LogP contribution < -0.4 is 0 Å². The van der Waals surface area contributed by atoms with Crippen LogP contribution in [0.3, 0.4) is 0 Å². The van der Waals surface area contributed by atoms with Crippen molar-refractivity contribution in [2.45, 2.75) is 0 Å². The van der Waals surface area contributed by atoms with Gasteiger partial charge in [-0.3, -0.25) is 0 Å². The zero-order valence-corrected chi connectivity index (χ0v) is 8.39. The Bertz CT molecular complexity index is 19.7. The summed E-state index contributed by atoms with van der Waals surface area (Å²) in [4.78, 5) is 0. The standard InChI is InChI=1S/Al.BH3.La.H3P.H4Si.Sr.Ti.5H/h;1H3;;1H3;1H4;;;;;;;. The van der Waals surface area contributed by atoms with Gasteiger partial charge in [0.25, 0.3) is 0 Å². The molecule has 0 aromatic heterocycles. The van der Waals surface area contributed by atoms with Crippen LogP contribution in [0.4, 0.5) is 0 Å². The molecule has 1 unspecified atom stereocenters. The van der Waals surface area contributed by atoms with Gasteiger partial charge in [-0.05, 0) is 11.0 Å². The molecule has 39 valence electrons. The van der Waals surface area contributed by atoms with Crippen molar-refractivity contribution in [3.63, 3.8) is 0 Å². The van der Waals surface area contributed by atoms with Crippen molar-refractivity contribution in [2.24, 2.45) is 0 Å². The van der Waals surface area contributed by atoms with Crippen molar-refractivity contribution in [3.05, 3.63) is 0 Å². The van der Waals surface area contributed by atoms with Crippen LogP contribution in [0.1, 0.15) is 0 Å². The van der Waals surface area contributed by atoms with E-state index in [9.17, 15) is 0 Å². The van der Waals surface area contributed by atoms with Crippen molar-refractivity contribution in [3.8, 4) is 0 Å². The first kappa shape index (κ1) is 61.3. The Morgan fingerprint density at radius 1 is 1.00 bits per heavy atom. The Morgan fingerprint density at radius 3 is 1.00 bits per heavy atom. The fraction of sp³-hybridized carbons (Fsp3) is 0. The van der Waals surface area contributed by atoms with Gasteiger partial charge in [-0.2, -0.15) is 9.90 Å². The quantitative estimate of drug-likeness (QED) is 0.290. The smallest absolute Gasteiger partial charge is 0 e. The van der Waals surface area contributed by atoms with Gasteiger partial charge in [0, 0.05) is 57.3 Å². The summed E-state index contributed by atoms with van der Waals surface area (Å²) in [6, 6.07) is 0. The van der Waals surface area contributed by atoms with Crippen LogP contribution in [0, 0.1) is 35.6 Å². The van der Waals surface area contributed by atoms with Crippen LogP contribution in [-0.4, -0.2) is 82.2 Å². The van der Waals surface area contributed by atoms with Crippen molar-refractivity contribution >= 4 is 92.1 Å². The topological polar surface area (TPSA) is 0 Å². The molecule has 0 saturated heterocycles. The van der Waals surface area contributed by atoms with Gasteiger partial charge in [0.05, 0.1) is 8.41 Å². The number of hydrogen-bond donors (Lipinski definition) is 0. The van der Waals surface area contributed by atoms with E-state index in [0.717, 1.165) is 0 Å². The van der Waals surface area contributed by atoms with Gasteiger partial charge in [-0.15, -0.1) is 0 Å². The third-order valence-electron chi connectivity index (χ3n) is 0. The first-order valence-electron chi connectivity index (χ1n) is 0. The average molecular weight is 386 g/mol. The first-order chi connectivity index (χ1) is 0. The van der Waals surface area contributed by atoms with Gasteiger partial charge < -0.3 is 0 Å². The van der Waals surface area contributed by atoms with Crippen LogP contribution in [0.2, 0.25) is 0 Å². The van der Waals surface area contributed by atoms with Crippen molar-refractivity contribution in [1.29, 1.82) is 0 Å². The largest absolute Gasteiger partial charge is 0 e. The van der Waals surface area contributed by atoms with Gasteiger partial charge in [-0.25, -0.2) is 0 Å². The minimum Gasteiger partial charge on any atom is 0 e. The van der Waals surface area contributed by atoms with E-state index in [-0.39, 0.29) is 149 Å². The summed E-state index contributed by atoms with van der Waals surface area (Å²) in [5, 5.41) is 0. The maximum Gasteiger partial charge on any atom is 0 e. The summed E-state index contributed by atoms with van der Waals surface area (Å²) in [6.07, 6.45) is 0. The van der Waals surface area contributed by atoms with Crippen LogP contribution in [0.5, 0.6) is 0 Å². The molecule has 0 bridgehead atoms. The van der Waals surface area contributed by atoms with Crippen LogP contribution in [0.25, 0.3) is 0 Å². The van der Waals surface area contributed by atoms with Gasteiger partial charge >= 0.3 is 45.5 Å². The van der Waals surface area contributed by atoms with Gasteiger partial charge in [0.2, 0.25) is 0 Å². The second-order valence-corrected chi connectivity index (χ2v) is 0. The predicted octanol–water partition coefficient (Wildman–Crippen LogP) is -4.68. The maximum atomic E-state index is 0. The van der Waals surface area contributed by atoms with Crippen LogP contribution in [0.15, 0.2) is 0 Å². The molecular formula is H15AlBLaPSiSrTi. The Kier molecular flexibility index (Phi) is 402. The van der Waals surface area contributed by atoms with Crippen molar-refractivity contribution < 1.29 is 57.3 Å². The monoisotopic (exact) mass is 387 g/mol. The maximum absolute atomic E-state index is 0. The summed E-state index contributed by atoms with van der Waals surface area (Å²) < 4.78 is 0. The fourth-order valence-corrected chi connectivity index (χ4v) is 0. The normalized spacial score (nSPS) is 0. The molecule has 0 amide bonds. The third kappa shape index (κ3) is 36.9. The second kappa shape index (κ2) is 46.0. The predicted molar refractivity (Wildman–Crippen MR) is 50.9 cm³/mol. The Hall–Kier alpha value is 4.63. The molecule has 0 aliphatic rings. The third-order valence-corrected chi connectivity index (χ3v) is 0. The minimum absolute atomic E-state index is 0. The molecule has 7 heteroatoms. The first-order valence-corrected chi connectivity index (χ1v) is 0. The van der Waals surface area contributed by atoms with E-state index in [1.165, 1.54) is 0 Å². The summed E-state index contributed by atoms with van der Waals surface area (Å²) in [6.45, 7) is 0. The molecule has 0 aromatic carbocycles. The molecule has 0 saturated carbocycles. The summed E-state index contributed by atoms with van der Waals surface area (Å²) in [5.74, 6) is 0. The number of rotatable bonds is 0. The SMILES string of the molecule is B.P.[AlH3].[La].[SiH4].[SrH2].[Ti]. The van der Waals surface area contributed by atoms with Crippen LogP contribution >= 0.6 is 9.90 Å². The van der Waals surface area contributed by atoms with E-state index < -0.39 is 0 Å². The molecule has 0 N–H and O–H groups in total. The Balaban J connectivity index is 0. The molecule has 0 spiro atoms. The van der Waals surface area contributed by atoms with Crippen LogP contribution in [-0.2, 0) is 21.7 Å². The van der Waals surface area contributed by atoms with Gasteiger partial charge in [0.1, 0.15) is 0 Å². The van der Waals surface area contributed by atoms with Crippen molar-refractivity contribution in [1.82, 2.24) is 0 Å². The fourth-order valence-electron chi connectivity index (χ4n) is 0. The number of hydrogen-bond acceptors (Lipinski definition) is 0. The molecule has 0 rings (SSSR count). The van der Waals surface area contributed by atoms with E-state index in [1.54, 1.807) is 0 Å². The zero-order valence-electron chi connectivity index (χ0n) is 1.78. The van der Waals surface area contributed by atoms with E-state index in [0.29, 0.717) is 0 Å². The molecular weight excluding hydrogens is 371 g/mol. The Morgan fingerprint density at radius 2 is 1.00 bits per heavy atom. The average Bonchev–Trinajstić information content (AvgIpc) is 0. The van der Waals surface area contributed by atoms with E-state index >= 15 is 0 Å².